The number of aromatic nitrogens is 3. The lowest BCUT2D eigenvalue weighted by atomic mass is 10.3. The van der Waals surface area contributed by atoms with Gasteiger partial charge in [0, 0.05) is 6.04 Å². The van der Waals surface area contributed by atoms with Crippen LogP contribution in [0.2, 0.25) is 5.28 Å². The van der Waals surface area contributed by atoms with Gasteiger partial charge >= 0.3 is 6.01 Å². The molecule has 0 aliphatic heterocycles. The number of halogens is 1. The maximum atomic E-state index is 11.7. The zero-order valence-electron chi connectivity index (χ0n) is 10.1. The van der Waals surface area contributed by atoms with Crippen molar-refractivity contribution in [3.63, 3.8) is 0 Å². The molecule has 1 unspecified atom stereocenters. The minimum Gasteiger partial charge on any atom is -0.467 e. The van der Waals surface area contributed by atoms with Crippen LogP contribution in [0.25, 0.3) is 0 Å². The molecule has 0 saturated heterocycles. The van der Waals surface area contributed by atoms with Gasteiger partial charge in [-0.2, -0.15) is 15.0 Å². The molecule has 0 aromatic carbocycles. The van der Waals surface area contributed by atoms with Gasteiger partial charge in [0.15, 0.2) is 0 Å². The zero-order valence-corrected chi connectivity index (χ0v) is 10.9. The molecule has 1 aliphatic carbocycles. The highest BCUT2D eigenvalue weighted by atomic mass is 35.5. The van der Waals surface area contributed by atoms with Crippen LogP contribution in [0, 0.1) is 0 Å². The molecule has 1 saturated carbocycles. The molecule has 2 rings (SSSR count). The molecule has 7 nitrogen and oxygen atoms in total. The highest BCUT2D eigenvalue weighted by Crippen LogP contribution is 2.19. The first-order valence-electron chi connectivity index (χ1n) is 5.61. The zero-order chi connectivity index (χ0) is 13.1. The number of ether oxygens (including phenoxy) is 1. The topological polar surface area (TPSA) is 89.0 Å². The SMILES string of the molecule is COc1nc(Cl)nc(NC(C)C(=O)NC2CC2)n1. The largest absolute Gasteiger partial charge is 0.467 e. The van der Waals surface area contributed by atoms with Gasteiger partial charge in [-0.25, -0.2) is 0 Å². The van der Waals surface area contributed by atoms with Gasteiger partial charge in [-0.15, -0.1) is 0 Å². The molecular weight excluding hydrogens is 258 g/mol. The van der Waals surface area contributed by atoms with Gasteiger partial charge in [0.2, 0.25) is 17.1 Å². The summed E-state index contributed by atoms with van der Waals surface area (Å²) in [5.74, 6) is 0.123. The van der Waals surface area contributed by atoms with Crippen LogP contribution < -0.4 is 15.4 Å². The molecule has 2 N–H and O–H groups in total. The molecule has 1 fully saturated rings. The van der Waals surface area contributed by atoms with Crippen LogP contribution in [0.15, 0.2) is 0 Å². The van der Waals surface area contributed by atoms with Crippen LogP contribution in [0.4, 0.5) is 5.95 Å². The summed E-state index contributed by atoms with van der Waals surface area (Å²) in [6.45, 7) is 1.72. The van der Waals surface area contributed by atoms with E-state index in [-0.39, 0.29) is 23.1 Å². The van der Waals surface area contributed by atoms with Crippen molar-refractivity contribution in [3.05, 3.63) is 5.28 Å². The van der Waals surface area contributed by atoms with Crippen molar-refractivity contribution in [1.82, 2.24) is 20.3 Å². The average molecular weight is 272 g/mol. The minimum atomic E-state index is -0.450. The number of nitrogens with one attached hydrogen (secondary N) is 2. The van der Waals surface area contributed by atoms with Gasteiger partial charge in [0.25, 0.3) is 0 Å². The summed E-state index contributed by atoms with van der Waals surface area (Å²) in [5.41, 5.74) is 0. The van der Waals surface area contributed by atoms with E-state index in [1.165, 1.54) is 7.11 Å². The Bertz CT molecular complexity index is 452. The Morgan fingerprint density at radius 3 is 2.78 bits per heavy atom. The van der Waals surface area contributed by atoms with Crippen LogP contribution in [0.1, 0.15) is 19.8 Å². The van der Waals surface area contributed by atoms with E-state index < -0.39 is 6.04 Å². The van der Waals surface area contributed by atoms with Crippen LogP contribution in [-0.2, 0) is 4.79 Å². The second-order valence-corrected chi connectivity index (χ2v) is 4.40. The van der Waals surface area contributed by atoms with E-state index in [1.807, 2.05) is 0 Å². The third-order valence-electron chi connectivity index (χ3n) is 2.43. The molecule has 1 heterocycles. The van der Waals surface area contributed by atoms with E-state index in [0.717, 1.165) is 12.8 Å². The molecule has 1 atom stereocenters. The standard InChI is InChI=1S/C10H14ClN5O2/c1-5(7(17)13-6-3-4-6)12-9-14-8(11)15-10(16-9)18-2/h5-6H,3-4H2,1-2H3,(H,13,17)(H,12,14,15,16). The van der Waals surface area contributed by atoms with Gasteiger partial charge in [0.05, 0.1) is 7.11 Å². The number of amides is 1. The van der Waals surface area contributed by atoms with Crippen molar-refractivity contribution < 1.29 is 9.53 Å². The van der Waals surface area contributed by atoms with Gasteiger partial charge in [-0.05, 0) is 31.4 Å². The molecular formula is C10H14ClN5O2. The van der Waals surface area contributed by atoms with Crippen molar-refractivity contribution >= 4 is 23.5 Å². The third-order valence-corrected chi connectivity index (χ3v) is 2.60. The van der Waals surface area contributed by atoms with Gasteiger partial charge in [0.1, 0.15) is 6.04 Å². The lowest BCUT2D eigenvalue weighted by molar-refractivity contribution is -0.121. The number of methoxy groups -OCH3 is 1. The van der Waals surface area contributed by atoms with Crippen molar-refractivity contribution in [1.29, 1.82) is 0 Å². The summed E-state index contributed by atoms with van der Waals surface area (Å²) in [6.07, 6.45) is 2.09. The average Bonchev–Trinajstić information content (AvgIpc) is 3.11. The van der Waals surface area contributed by atoms with E-state index in [0.29, 0.717) is 6.04 Å². The van der Waals surface area contributed by atoms with Gasteiger partial charge in [-0.3, -0.25) is 4.79 Å². The molecule has 0 spiro atoms. The Kier molecular flexibility index (Phi) is 3.81. The number of hydrogen-bond acceptors (Lipinski definition) is 6. The van der Waals surface area contributed by atoms with Crippen LogP contribution in [0.5, 0.6) is 6.01 Å². The molecule has 98 valence electrons. The van der Waals surface area contributed by atoms with Crippen LogP contribution in [-0.4, -0.2) is 40.1 Å². The Morgan fingerprint density at radius 1 is 1.44 bits per heavy atom. The summed E-state index contributed by atoms with van der Waals surface area (Å²) in [4.78, 5) is 23.3. The normalized spacial score (nSPS) is 15.9. The Labute approximate surface area is 109 Å². The number of carbonyl (C=O) groups excluding carboxylic acids is 1. The highest BCUT2D eigenvalue weighted by molar-refractivity contribution is 6.28. The van der Waals surface area contributed by atoms with Crippen LogP contribution >= 0.6 is 11.6 Å². The first-order valence-corrected chi connectivity index (χ1v) is 5.98. The number of rotatable bonds is 5. The second-order valence-electron chi connectivity index (χ2n) is 4.06. The summed E-state index contributed by atoms with van der Waals surface area (Å²) in [6, 6.07) is -0.0284. The molecule has 0 radical (unpaired) electrons. The predicted molar refractivity (Wildman–Crippen MR) is 65.6 cm³/mol. The van der Waals surface area contributed by atoms with E-state index in [9.17, 15) is 4.79 Å². The molecule has 0 bridgehead atoms. The minimum absolute atomic E-state index is 0.0131. The molecule has 1 aromatic heterocycles. The number of carbonyl (C=O) groups is 1. The number of anilines is 1. The van der Waals surface area contributed by atoms with Crippen molar-refractivity contribution in [2.24, 2.45) is 0 Å². The predicted octanol–water partition coefficient (Wildman–Crippen LogP) is 0.613. The molecule has 8 heteroatoms. The molecule has 18 heavy (non-hydrogen) atoms. The highest BCUT2D eigenvalue weighted by Gasteiger charge is 2.25. The molecule has 1 aliphatic rings. The lowest BCUT2D eigenvalue weighted by Gasteiger charge is -2.13. The summed E-state index contributed by atoms with van der Waals surface area (Å²) in [7, 11) is 1.43. The van der Waals surface area contributed by atoms with Gasteiger partial charge in [-0.1, -0.05) is 0 Å². The first-order chi connectivity index (χ1) is 8.58. The van der Waals surface area contributed by atoms with Crippen molar-refractivity contribution in [2.75, 3.05) is 12.4 Å². The van der Waals surface area contributed by atoms with E-state index in [4.69, 9.17) is 16.3 Å². The quantitative estimate of drug-likeness (QED) is 0.816. The van der Waals surface area contributed by atoms with Gasteiger partial charge < -0.3 is 15.4 Å². The lowest BCUT2D eigenvalue weighted by Crippen LogP contribution is -2.39. The fourth-order valence-electron chi connectivity index (χ4n) is 1.30. The second kappa shape index (κ2) is 5.34. The molecule has 1 amide bonds. The maximum Gasteiger partial charge on any atom is 0.322 e. The van der Waals surface area contributed by atoms with Crippen molar-refractivity contribution in [3.8, 4) is 6.01 Å². The Morgan fingerprint density at radius 2 is 2.17 bits per heavy atom. The number of hydrogen-bond donors (Lipinski definition) is 2. The first kappa shape index (κ1) is 12.8. The Balaban J connectivity index is 1.98. The maximum absolute atomic E-state index is 11.7. The summed E-state index contributed by atoms with van der Waals surface area (Å²) in [5, 5.41) is 5.74. The monoisotopic (exact) mass is 271 g/mol. The van der Waals surface area contributed by atoms with Crippen LogP contribution in [0.3, 0.4) is 0 Å². The fourth-order valence-corrected chi connectivity index (χ4v) is 1.45. The van der Waals surface area contributed by atoms with E-state index in [1.54, 1.807) is 6.92 Å². The number of nitrogens with zero attached hydrogens (tertiary/aromatic N) is 3. The fraction of sp³-hybridized carbons (Fsp3) is 0.600. The third kappa shape index (κ3) is 3.43. The summed E-state index contributed by atoms with van der Waals surface area (Å²) >= 11 is 5.70. The van der Waals surface area contributed by atoms with E-state index >= 15 is 0 Å². The molecule has 1 aromatic rings. The Hall–Kier alpha value is -1.63. The summed E-state index contributed by atoms with van der Waals surface area (Å²) < 4.78 is 4.87. The van der Waals surface area contributed by atoms with Crippen molar-refractivity contribution in [2.45, 2.75) is 31.8 Å². The smallest absolute Gasteiger partial charge is 0.322 e. The van der Waals surface area contributed by atoms with E-state index in [2.05, 4.69) is 25.6 Å².